The van der Waals surface area contributed by atoms with Crippen LogP contribution in [0.25, 0.3) is 0 Å². The summed E-state index contributed by atoms with van der Waals surface area (Å²) in [5.41, 5.74) is 0. The van der Waals surface area contributed by atoms with E-state index < -0.39 is 0 Å². The van der Waals surface area contributed by atoms with Crippen molar-refractivity contribution in [3.63, 3.8) is 0 Å². The molecule has 0 amide bonds. The molecule has 0 aromatic rings. The fourth-order valence-corrected chi connectivity index (χ4v) is 2.15. The maximum atomic E-state index is 3.34. The number of hydrogen-bond acceptors (Lipinski definition) is 1. The predicted molar refractivity (Wildman–Crippen MR) is 35.6 cm³/mol. The van der Waals surface area contributed by atoms with E-state index in [2.05, 4.69) is 18.5 Å². The average Bonchev–Trinajstić information content (AvgIpc) is 1.69. The maximum Gasteiger partial charge on any atom is 0.130 e. The molecule has 1 N–H and O–H groups in total. The van der Waals surface area contributed by atoms with Gasteiger partial charge in [-0.3, -0.25) is 0 Å². The fourth-order valence-electron chi connectivity index (χ4n) is 0.239. The van der Waals surface area contributed by atoms with Crippen LogP contribution in [0, 0.1) is 0 Å². The summed E-state index contributed by atoms with van der Waals surface area (Å²) < 4.78 is 3.34. The topological polar surface area (TPSA) is 12.0 Å². The van der Waals surface area contributed by atoms with Gasteiger partial charge in [0, 0.05) is 0 Å². The van der Waals surface area contributed by atoms with Gasteiger partial charge in [0.1, 0.15) is 19.4 Å². The van der Waals surface area contributed by atoms with Gasteiger partial charge in [0.15, 0.2) is 0 Å². The van der Waals surface area contributed by atoms with Gasteiger partial charge in [-0.2, -0.15) is 0 Å². The van der Waals surface area contributed by atoms with E-state index in [-0.39, 0.29) is 0 Å². The van der Waals surface area contributed by atoms with Crippen LogP contribution in [0.5, 0.6) is 0 Å². The molecule has 4 radical (unpaired) electrons. The van der Waals surface area contributed by atoms with Crippen LogP contribution >= 0.6 is 0 Å². The lowest BCUT2D eigenvalue weighted by Crippen LogP contribution is -2.21. The van der Waals surface area contributed by atoms with Crippen LogP contribution in [0.15, 0.2) is 0 Å². The van der Waals surface area contributed by atoms with Gasteiger partial charge in [0.2, 0.25) is 0 Å². The normalized spacial score (nSPS) is 9.43. The molecule has 0 aromatic carbocycles. The van der Waals surface area contributed by atoms with Crippen LogP contribution in [0.2, 0.25) is 12.1 Å². The van der Waals surface area contributed by atoms with Gasteiger partial charge in [-0.1, -0.05) is 13.8 Å². The summed E-state index contributed by atoms with van der Waals surface area (Å²) in [6, 6.07) is 2.57. The van der Waals surface area contributed by atoms with Gasteiger partial charge in [0.25, 0.3) is 0 Å². The molecule has 0 aliphatic carbocycles. The van der Waals surface area contributed by atoms with Crippen molar-refractivity contribution in [2.45, 2.75) is 25.9 Å². The Labute approximate surface area is 50.7 Å². The zero-order valence-electron chi connectivity index (χ0n) is 4.91. The summed E-state index contributed by atoms with van der Waals surface area (Å²) in [7, 11) is 1.97. The Morgan fingerprint density at radius 1 is 1.14 bits per heavy atom. The van der Waals surface area contributed by atoms with Gasteiger partial charge < -0.3 is 4.65 Å². The second kappa shape index (κ2) is 6.39. The van der Waals surface area contributed by atoms with Gasteiger partial charge in [-0.25, -0.2) is 0 Å². The SMILES string of the molecule is CC[Si]N[Si]CC. The molecule has 7 heavy (non-hydrogen) atoms. The summed E-state index contributed by atoms with van der Waals surface area (Å²) in [5, 5.41) is 0. The Bertz CT molecular complexity index is 28.9. The highest BCUT2D eigenvalue weighted by Gasteiger charge is 1.81. The lowest BCUT2D eigenvalue weighted by atomic mass is 11.0. The first-order valence-corrected chi connectivity index (χ1v) is 5.04. The molecule has 3 heteroatoms. The van der Waals surface area contributed by atoms with Crippen LogP contribution in [0.3, 0.4) is 0 Å². The van der Waals surface area contributed by atoms with E-state index in [1.807, 2.05) is 0 Å². The lowest BCUT2D eigenvalue weighted by Gasteiger charge is -1.91. The first-order chi connectivity index (χ1) is 3.41. The third-order valence-corrected chi connectivity index (χ3v) is 2.65. The molecule has 1 nitrogen and oxygen atoms in total. The zero-order chi connectivity index (χ0) is 5.54. The highest BCUT2D eigenvalue weighted by atomic mass is 28.3. The molecule has 0 saturated carbocycles. The van der Waals surface area contributed by atoms with Crippen LogP contribution < -0.4 is 4.65 Å². The van der Waals surface area contributed by atoms with E-state index in [1.54, 1.807) is 0 Å². The van der Waals surface area contributed by atoms with Crippen molar-refractivity contribution in [3.05, 3.63) is 0 Å². The van der Waals surface area contributed by atoms with Crippen molar-refractivity contribution in [1.82, 2.24) is 4.65 Å². The molecule has 0 atom stereocenters. The maximum absolute atomic E-state index is 3.34. The first kappa shape index (κ1) is 7.39. The van der Waals surface area contributed by atoms with Gasteiger partial charge in [0.05, 0.1) is 0 Å². The molecule has 0 unspecified atom stereocenters. The summed E-state index contributed by atoms with van der Waals surface area (Å²) >= 11 is 0. The van der Waals surface area contributed by atoms with Gasteiger partial charge in [-0.15, -0.1) is 0 Å². The van der Waals surface area contributed by atoms with Crippen LogP contribution in [0.4, 0.5) is 0 Å². The van der Waals surface area contributed by atoms with E-state index in [4.69, 9.17) is 0 Å². The van der Waals surface area contributed by atoms with Crippen molar-refractivity contribution in [2.24, 2.45) is 0 Å². The molecular weight excluding hydrogens is 118 g/mol. The zero-order valence-corrected chi connectivity index (χ0v) is 6.91. The predicted octanol–water partition coefficient (Wildman–Crippen LogP) is 0.691. The van der Waals surface area contributed by atoms with E-state index in [9.17, 15) is 0 Å². The average molecular weight is 129 g/mol. The largest absolute Gasteiger partial charge is 0.363 e. The summed E-state index contributed by atoms with van der Waals surface area (Å²) in [5.74, 6) is 0. The minimum absolute atomic E-state index is 0.984. The third kappa shape index (κ3) is 6.39. The van der Waals surface area contributed by atoms with Crippen molar-refractivity contribution < 1.29 is 0 Å². The fraction of sp³-hybridized carbons (Fsp3) is 1.00. The minimum Gasteiger partial charge on any atom is -0.363 e. The Morgan fingerprint density at radius 2 is 1.57 bits per heavy atom. The van der Waals surface area contributed by atoms with E-state index in [0.717, 1.165) is 19.4 Å². The van der Waals surface area contributed by atoms with Crippen molar-refractivity contribution >= 4 is 19.4 Å². The molecule has 0 aromatic heterocycles. The monoisotopic (exact) mass is 129 g/mol. The standard InChI is InChI=1S/C4H11NSi2/c1-3-6-5-7-4-2/h5H,3-4H2,1-2H3. The van der Waals surface area contributed by atoms with Crippen LogP contribution in [-0.2, 0) is 0 Å². The van der Waals surface area contributed by atoms with Crippen molar-refractivity contribution in [3.8, 4) is 0 Å². The Hall–Kier alpha value is 0.394. The van der Waals surface area contributed by atoms with Gasteiger partial charge >= 0.3 is 0 Å². The first-order valence-electron chi connectivity index (χ1n) is 2.62. The molecule has 0 aliphatic heterocycles. The molecule has 0 rings (SSSR count). The molecule has 0 saturated heterocycles. The molecule has 40 valence electrons. The van der Waals surface area contributed by atoms with E-state index in [1.165, 1.54) is 12.1 Å². The summed E-state index contributed by atoms with van der Waals surface area (Å²) in [6.45, 7) is 4.40. The van der Waals surface area contributed by atoms with Crippen molar-refractivity contribution in [1.29, 1.82) is 0 Å². The van der Waals surface area contributed by atoms with Gasteiger partial charge in [-0.05, 0) is 12.1 Å². The second-order valence-corrected chi connectivity index (χ2v) is 4.31. The number of nitrogens with one attached hydrogen (secondary N) is 1. The quantitative estimate of drug-likeness (QED) is 0.435. The van der Waals surface area contributed by atoms with E-state index >= 15 is 0 Å². The Balaban J connectivity index is 2.45. The molecule has 0 bridgehead atoms. The molecule has 0 heterocycles. The molecule has 0 aliphatic rings. The summed E-state index contributed by atoms with van der Waals surface area (Å²) in [4.78, 5) is 0. The molecule has 0 fully saturated rings. The Kier molecular flexibility index (Phi) is 6.75. The number of rotatable bonds is 4. The smallest absolute Gasteiger partial charge is 0.130 e. The molecular formula is C4H11NSi2. The minimum atomic E-state index is 0.984. The second-order valence-electron chi connectivity index (χ2n) is 1.19. The van der Waals surface area contributed by atoms with Crippen molar-refractivity contribution in [2.75, 3.05) is 0 Å². The third-order valence-electron chi connectivity index (χ3n) is 0.530. The highest BCUT2D eigenvalue weighted by molar-refractivity contribution is 6.50. The number of hydrogen-bond donors (Lipinski definition) is 1. The van der Waals surface area contributed by atoms with Crippen LogP contribution in [0.1, 0.15) is 13.8 Å². The lowest BCUT2D eigenvalue weighted by molar-refractivity contribution is 1.34. The Morgan fingerprint density at radius 3 is 1.86 bits per heavy atom. The highest BCUT2D eigenvalue weighted by Crippen LogP contribution is 1.69. The molecule has 0 spiro atoms. The van der Waals surface area contributed by atoms with E-state index in [0.29, 0.717) is 0 Å². The summed E-state index contributed by atoms with van der Waals surface area (Å²) in [6.07, 6.45) is 0. The van der Waals surface area contributed by atoms with Crippen LogP contribution in [-0.4, -0.2) is 19.4 Å².